The van der Waals surface area contributed by atoms with Gasteiger partial charge in [-0.05, 0) is 6.42 Å². The summed E-state index contributed by atoms with van der Waals surface area (Å²) >= 11 is 0. The monoisotopic (exact) mass is 229 g/mol. The van der Waals surface area contributed by atoms with Crippen molar-refractivity contribution in [3.8, 4) is 0 Å². The number of hydrogen-bond donors (Lipinski definition) is 2. The number of carbonyl (C=O) groups excluding carboxylic acids is 2. The van der Waals surface area contributed by atoms with Gasteiger partial charge in [0.15, 0.2) is 0 Å². The van der Waals surface area contributed by atoms with E-state index in [1.54, 1.807) is 7.11 Å². The highest BCUT2D eigenvalue weighted by atomic mass is 16.5. The number of piperazine rings is 1. The third-order valence-corrected chi connectivity index (χ3v) is 2.33. The number of amides is 2. The van der Waals surface area contributed by atoms with E-state index >= 15 is 0 Å². The molecule has 0 aromatic carbocycles. The first-order chi connectivity index (χ1) is 7.72. The molecule has 0 spiro atoms. The summed E-state index contributed by atoms with van der Waals surface area (Å²) in [4.78, 5) is 24.3. The van der Waals surface area contributed by atoms with Crippen molar-refractivity contribution in [3.05, 3.63) is 0 Å². The van der Waals surface area contributed by atoms with Gasteiger partial charge in [-0.25, -0.2) is 0 Å². The number of rotatable bonds is 6. The summed E-state index contributed by atoms with van der Waals surface area (Å²) in [5.41, 5.74) is 0. The molecule has 6 heteroatoms. The van der Waals surface area contributed by atoms with Crippen LogP contribution in [0.1, 0.15) is 6.42 Å². The maximum Gasteiger partial charge on any atom is 0.234 e. The van der Waals surface area contributed by atoms with Crippen LogP contribution in [0.2, 0.25) is 0 Å². The maximum absolute atomic E-state index is 11.5. The Morgan fingerprint density at radius 3 is 3.12 bits per heavy atom. The lowest BCUT2D eigenvalue weighted by Crippen LogP contribution is -2.50. The second-order valence-corrected chi connectivity index (χ2v) is 3.76. The number of nitrogens with zero attached hydrogens (tertiary/aromatic N) is 1. The van der Waals surface area contributed by atoms with E-state index in [1.165, 1.54) is 0 Å². The highest BCUT2D eigenvalue weighted by Crippen LogP contribution is 1.92. The number of nitrogens with one attached hydrogen (secondary N) is 2. The lowest BCUT2D eigenvalue weighted by atomic mass is 10.3. The van der Waals surface area contributed by atoms with Gasteiger partial charge in [0.05, 0.1) is 13.1 Å². The summed E-state index contributed by atoms with van der Waals surface area (Å²) in [5, 5.41) is 5.50. The molecule has 2 amide bonds. The van der Waals surface area contributed by atoms with E-state index in [-0.39, 0.29) is 11.8 Å². The van der Waals surface area contributed by atoms with Crippen LogP contribution in [0.3, 0.4) is 0 Å². The van der Waals surface area contributed by atoms with Crippen LogP contribution in [0.5, 0.6) is 0 Å². The van der Waals surface area contributed by atoms with E-state index in [1.807, 2.05) is 4.90 Å². The Balaban J connectivity index is 2.10. The molecular weight excluding hydrogens is 210 g/mol. The first kappa shape index (κ1) is 12.9. The molecule has 92 valence electrons. The van der Waals surface area contributed by atoms with Gasteiger partial charge in [0.1, 0.15) is 0 Å². The Labute approximate surface area is 95.3 Å². The lowest BCUT2D eigenvalue weighted by molar-refractivity contribution is -0.126. The molecule has 1 aliphatic heterocycles. The zero-order chi connectivity index (χ0) is 11.8. The summed E-state index contributed by atoms with van der Waals surface area (Å²) in [6, 6.07) is 0. The number of hydrogen-bond acceptors (Lipinski definition) is 4. The van der Waals surface area contributed by atoms with Crippen molar-refractivity contribution in [2.24, 2.45) is 0 Å². The molecule has 1 rings (SSSR count). The van der Waals surface area contributed by atoms with Gasteiger partial charge in [0.25, 0.3) is 0 Å². The lowest BCUT2D eigenvalue weighted by Gasteiger charge is -2.25. The normalized spacial score (nSPS) is 16.9. The second kappa shape index (κ2) is 7.19. The number of ether oxygens (including phenoxy) is 1. The number of methoxy groups -OCH3 is 1. The van der Waals surface area contributed by atoms with Gasteiger partial charge in [0, 0.05) is 33.4 Å². The van der Waals surface area contributed by atoms with Crippen LogP contribution in [-0.4, -0.2) is 63.2 Å². The van der Waals surface area contributed by atoms with Gasteiger partial charge in [0.2, 0.25) is 11.8 Å². The van der Waals surface area contributed by atoms with Gasteiger partial charge in [-0.3, -0.25) is 14.5 Å². The molecule has 0 aromatic heterocycles. The standard InChI is InChI=1S/C10H19N3O3/c1-16-6-2-3-11-9(14)7-13-5-4-12-10(15)8-13/h2-8H2,1H3,(H,11,14)(H,12,15). The molecule has 0 radical (unpaired) electrons. The van der Waals surface area contributed by atoms with E-state index in [4.69, 9.17) is 4.74 Å². The molecular formula is C10H19N3O3. The van der Waals surface area contributed by atoms with Crippen LogP contribution in [0.4, 0.5) is 0 Å². The van der Waals surface area contributed by atoms with Crippen molar-refractivity contribution in [1.29, 1.82) is 0 Å². The van der Waals surface area contributed by atoms with E-state index < -0.39 is 0 Å². The molecule has 0 saturated carbocycles. The van der Waals surface area contributed by atoms with Crippen molar-refractivity contribution >= 4 is 11.8 Å². The van der Waals surface area contributed by atoms with Crippen molar-refractivity contribution in [2.45, 2.75) is 6.42 Å². The fraction of sp³-hybridized carbons (Fsp3) is 0.800. The summed E-state index contributed by atoms with van der Waals surface area (Å²) in [7, 11) is 1.63. The van der Waals surface area contributed by atoms with Gasteiger partial charge >= 0.3 is 0 Å². The van der Waals surface area contributed by atoms with Gasteiger partial charge in [-0.15, -0.1) is 0 Å². The molecule has 0 aliphatic carbocycles. The van der Waals surface area contributed by atoms with E-state index in [0.717, 1.165) is 13.0 Å². The van der Waals surface area contributed by atoms with Crippen molar-refractivity contribution in [2.75, 3.05) is 46.4 Å². The summed E-state index contributed by atoms with van der Waals surface area (Å²) in [5.74, 6) is -0.0516. The van der Waals surface area contributed by atoms with Crippen LogP contribution in [0, 0.1) is 0 Å². The largest absolute Gasteiger partial charge is 0.385 e. The SMILES string of the molecule is COCCCNC(=O)CN1CCNC(=O)C1. The molecule has 1 heterocycles. The molecule has 2 N–H and O–H groups in total. The minimum atomic E-state index is -0.0363. The second-order valence-electron chi connectivity index (χ2n) is 3.76. The highest BCUT2D eigenvalue weighted by molar-refractivity contribution is 5.81. The van der Waals surface area contributed by atoms with Crippen LogP contribution >= 0.6 is 0 Å². The first-order valence-electron chi connectivity index (χ1n) is 5.47. The Bertz CT molecular complexity index is 245. The minimum absolute atomic E-state index is 0.0153. The molecule has 0 unspecified atom stereocenters. The summed E-state index contributed by atoms with van der Waals surface area (Å²) in [6.07, 6.45) is 0.808. The Morgan fingerprint density at radius 1 is 1.62 bits per heavy atom. The van der Waals surface area contributed by atoms with Gasteiger partial charge < -0.3 is 15.4 Å². The third-order valence-electron chi connectivity index (χ3n) is 2.33. The Morgan fingerprint density at radius 2 is 2.44 bits per heavy atom. The Kier molecular flexibility index (Phi) is 5.81. The maximum atomic E-state index is 11.5. The average Bonchev–Trinajstić information content (AvgIpc) is 2.24. The fourth-order valence-electron chi connectivity index (χ4n) is 1.53. The molecule has 0 bridgehead atoms. The zero-order valence-corrected chi connectivity index (χ0v) is 9.62. The van der Waals surface area contributed by atoms with E-state index in [2.05, 4.69) is 10.6 Å². The van der Waals surface area contributed by atoms with Crippen LogP contribution < -0.4 is 10.6 Å². The molecule has 1 fully saturated rings. The third kappa shape index (κ3) is 5.09. The van der Waals surface area contributed by atoms with Crippen molar-refractivity contribution in [3.63, 3.8) is 0 Å². The molecule has 0 aromatic rings. The average molecular weight is 229 g/mol. The number of carbonyl (C=O) groups is 2. The predicted molar refractivity (Wildman–Crippen MR) is 59.0 cm³/mol. The van der Waals surface area contributed by atoms with Gasteiger partial charge in [-0.1, -0.05) is 0 Å². The molecule has 16 heavy (non-hydrogen) atoms. The predicted octanol–water partition coefficient (Wildman–Crippen LogP) is -1.43. The van der Waals surface area contributed by atoms with E-state index in [0.29, 0.717) is 32.8 Å². The summed E-state index contributed by atoms with van der Waals surface area (Å²) in [6.45, 7) is 3.22. The Hall–Kier alpha value is -1.14. The quantitative estimate of drug-likeness (QED) is 0.548. The zero-order valence-electron chi connectivity index (χ0n) is 9.62. The highest BCUT2D eigenvalue weighted by Gasteiger charge is 2.17. The van der Waals surface area contributed by atoms with Crippen LogP contribution in [0.15, 0.2) is 0 Å². The van der Waals surface area contributed by atoms with E-state index in [9.17, 15) is 9.59 Å². The molecule has 1 saturated heterocycles. The smallest absolute Gasteiger partial charge is 0.234 e. The van der Waals surface area contributed by atoms with Gasteiger partial charge in [-0.2, -0.15) is 0 Å². The van der Waals surface area contributed by atoms with Crippen LogP contribution in [0.25, 0.3) is 0 Å². The molecule has 6 nitrogen and oxygen atoms in total. The minimum Gasteiger partial charge on any atom is -0.385 e. The fourth-order valence-corrected chi connectivity index (χ4v) is 1.53. The summed E-state index contributed by atoms with van der Waals surface area (Å²) < 4.78 is 4.87. The molecule has 1 aliphatic rings. The first-order valence-corrected chi connectivity index (χ1v) is 5.47. The molecule has 0 atom stereocenters. The van der Waals surface area contributed by atoms with Crippen molar-refractivity contribution in [1.82, 2.24) is 15.5 Å². The van der Waals surface area contributed by atoms with Crippen molar-refractivity contribution < 1.29 is 14.3 Å². The topological polar surface area (TPSA) is 70.7 Å². The van der Waals surface area contributed by atoms with Crippen LogP contribution in [-0.2, 0) is 14.3 Å².